The molecule has 0 aliphatic rings. The number of benzene rings is 2. The van der Waals surface area contributed by atoms with Crippen LogP contribution in [0.25, 0.3) is 10.8 Å². The summed E-state index contributed by atoms with van der Waals surface area (Å²) in [6, 6.07) is 15.7. The van der Waals surface area contributed by atoms with Crippen molar-refractivity contribution in [2.24, 2.45) is 5.10 Å². The van der Waals surface area contributed by atoms with Gasteiger partial charge < -0.3 is 4.74 Å². The summed E-state index contributed by atoms with van der Waals surface area (Å²) in [5.74, 6) is 0.586. The zero-order valence-corrected chi connectivity index (χ0v) is 13.5. The number of nitrogens with one attached hydrogen (secondary N) is 1. The van der Waals surface area contributed by atoms with Crippen molar-refractivity contribution in [3.8, 4) is 5.75 Å². The van der Waals surface area contributed by atoms with Gasteiger partial charge in [-0.2, -0.15) is 5.10 Å². The van der Waals surface area contributed by atoms with Crippen LogP contribution < -0.4 is 10.2 Å². The van der Waals surface area contributed by atoms with Crippen molar-refractivity contribution in [1.82, 2.24) is 5.43 Å². The summed E-state index contributed by atoms with van der Waals surface area (Å²) >= 11 is 1.56. The monoisotopic (exact) mass is 324 g/mol. The van der Waals surface area contributed by atoms with E-state index < -0.39 is 0 Å². The zero-order chi connectivity index (χ0) is 16.1. The largest absolute Gasteiger partial charge is 0.496 e. The third kappa shape index (κ3) is 3.57. The number of hydrogen-bond acceptors (Lipinski definition) is 4. The second-order valence-corrected chi connectivity index (χ2v) is 5.98. The molecule has 5 heteroatoms. The molecule has 2 aromatic carbocycles. The second kappa shape index (κ2) is 7.07. The number of fused-ring (bicyclic) bond motifs is 1. The molecule has 1 N–H and O–H groups in total. The van der Waals surface area contributed by atoms with E-state index in [9.17, 15) is 4.79 Å². The number of hydrogen-bond donors (Lipinski definition) is 1. The molecule has 0 aliphatic carbocycles. The van der Waals surface area contributed by atoms with Gasteiger partial charge in [0.05, 0.1) is 19.7 Å². The lowest BCUT2D eigenvalue weighted by Crippen LogP contribution is -2.19. The Morgan fingerprint density at radius 2 is 2.09 bits per heavy atom. The highest BCUT2D eigenvalue weighted by Gasteiger charge is 2.06. The molecule has 1 heterocycles. The molecule has 116 valence electrons. The topological polar surface area (TPSA) is 50.7 Å². The maximum absolute atomic E-state index is 11.9. The van der Waals surface area contributed by atoms with Crippen LogP contribution in [0.5, 0.6) is 5.75 Å². The third-order valence-electron chi connectivity index (χ3n) is 3.45. The number of hydrazone groups is 1. The summed E-state index contributed by atoms with van der Waals surface area (Å²) in [6.07, 6.45) is 1.97. The molecule has 0 saturated heterocycles. The minimum absolute atomic E-state index is 0.136. The summed E-state index contributed by atoms with van der Waals surface area (Å²) in [4.78, 5) is 12.9. The Bertz CT molecular complexity index is 841. The van der Waals surface area contributed by atoms with Crippen LogP contribution >= 0.6 is 11.3 Å². The lowest BCUT2D eigenvalue weighted by Gasteiger charge is -2.08. The van der Waals surface area contributed by atoms with E-state index in [-0.39, 0.29) is 5.91 Å². The van der Waals surface area contributed by atoms with Crippen LogP contribution in [0.15, 0.2) is 59.0 Å². The molecule has 3 aromatic rings. The lowest BCUT2D eigenvalue weighted by molar-refractivity contribution is -0.120. The summed E-state index contributed by atoms with van der Waals surface area (Å²) in [6.45, 7) is 0. The van der Waals surface area contributed by atoms with E-state index in [0.29, 0.717) is 6.42 Å². The number of ether oxygens (including phenoxy) is 1. The molecular weight excluding hydrogens is 308 g/mol. The van der Waals surface area contributed by atoms with Crippen molar-refractivity contribution in [1.29, 1.82) is 0 Å². The van der Waals surface area contributed by atoms with Crippen molar-refractivity contribution in [3.05, 3.63) is 64.4 Å². The van der Waals surface area contributed by atoms with Crippen LogP contribution in [0.1, 0.15) is 10.4 Å². The van der Waals surface area contributed by atoms with Gasteiger partial charge in [-0.05, 0) is 28.3 Å². The smallest absolute Gasteiger partial charge is 0.245 e. The van der Waals surface area contributed by atoms with Crippen molar-refractivity contribution in [2.75, 3.05) is 7.11 Å². The summed E-state index contributed by atoms with van der Waals surface area (Å²) < 4.78 is 5.39. The van der Waals surface area contributed by atoms with Crippen LogP contribution in [-0.2, 0) is 11.2 Å². The first-order chi connectivity index (χ1) is 11.3. The number of rotatable bonds is 5. The Kier molecular flexibility index (Phi) is 4.68. The van der Waals surface area contributed by atoms with E-state index >= 15 is 0 Å². The molecule has 0 radical (unpaired) electrons. The first-order valence-electron chi connectivity index (χ1n) is 7.18. The van der Waals surface area contributed by atoms with E-state index in [1.165, 1.54) is 0 Å². The van der Waals surface area contributed by atoms with Gasteiger partial charge in [-0.1, -0.05) is 36.4 Å². The number of thiophene rings is 1. The van der Waals surface area contributed by atoms with Crippen molar-refractivity contribution >= 4 is 34.2 Å². The van der Waals surface area contributed by atoms with Gasteiger partial charge in [0.2, 0.25) is 5.91 Å². The van der Waals surface area contributed by atoms with Crippen molar-refractivity contribution in [3.63, 3.8) is 0 Å². The Labute approximate surface area is 138 Å². The third-order valence-corrected chi connectivity index (χ3v) is 4.32. The number of nitrogens with zero attached hydrogens (tertiary/aromatic N) is 1. The predicted octanol–water partition coefficient (Wildman–Crippen LogP) is 3.60. The summed E-state index contributed by atoms with van der Waals surface area (Å²) in [7, 11) is 1.62. The maximum Gasteiger partial charge on any atom is 0.245 e. The molecule has 0 bridgehead atoms. The maximum atomic E-state index is 11.9. The van der Waals surface area contributed by atoms with Crippen LogP contribution in [0.2, 0.25) is 0 Å². The van der Waals surface area contributed by atoms with E-state index in [2.05, 4.69) is 10.5 Å². The van der Waals surface area contributed by atoms with Crippen LogP contribution in [0.4, 0.5) is 0 Å². The Morgan fingerprint density at radius 1 is 1.22 bits per heavy atom. The number of amides is 1. The van der Waals surface area contributed by atoms with Crippen LogP contribution in [-0.4, -0.2) is 19.2 Å². The fourth-order valence-corrected chi connectivity index (χ4v) is 3.07. The Morgan fingerprint density at radius 3 is 2.87 bits per heavy atom. The van der Waals surface area contributed by atoms with E-state index in [4.69, 9.17) is 4.74 Å². The van der Waals surface area contributed by atoms with E-state index in [1.54, 1.807) is 24.7 Å². The minimum Gasteiger partial charge on any atom is -0.496 e. The highest BCUT2D eigenvalue weighted by molar-refractivity contribution is 7.10. The van der Waals surface area contributed by atoms with E-state index in [1.807, 2.05) is 53.9 Å². The molecule has 3 rings (SSSR count). The normalized spacial score (nSPS) is 11.0. The van der Waals surface area contributed by atoms with Gasteiger partial charge in [0.25, 0.3) is 0 Å². The standard InChI is InChI=1S/C18H16N2O2S/c1-22-17-9-8-13-5-2-3-7-15(13)16(17)12-19-20-18(21)11-14-6-4-10-23-14/h2-10,12H,11H2,1H3,(H,20,21)/b19-12-. The average Bonchev–Trinajstić information content (AvgIpc) is 3.07. The van der Waals surface area contributed by atoms with Gasteiger partial charge in [0.1, 0.15) is 5.75 Å². The van der Waals surface area contributed by atoms with Crippen LogP contribution in [0.3, 0.4) is 0 Å². The lowest BCUT2D eigenvalue weighted by atomic mass is 10.0. The molecule has 0 fully saturated rings. The Hall–Kier alpha value is -2.66. The molecule has 0 atom stereocenters. The first kappa shape index (κ1) is 15.2. The Balaban J connectivity index is 1.78. The van der Waals surface area contributed by atoms with Crippen molar-refractivity contribution < 1.29 is 9.53 Å². The van der Waals surface area contributed by atoms with Crippen molar-refractivity contribution in [2.45, 2.75) is 6.42 Å². The fourth-order valence-electron chi connectivity index (χ4n) is 2.37. The van der Waals surface area contributed by atoms with Gasteiger partial charge in [0.15, 0.2) is 0 Å². The fraction of sp³-hybridized carbons (Fsp3) is 0.111. The summed E-state index contributed by atoms with van der Waals surface area (Å²) in [5, 5.41) is 8.16. The van der Waals surface area contributed by atoms with E-state index in [0.717, 1.165) is 27.0 Å². The minimum atomic E-state index is -0.136. The molecule has 1 aromatic heterocycles. The number of carbonyl (C=O) groups is 1. The molecule has 0 saturated carbocycles. The van der Waals surface area contributed by atoms with Gasteiger partial charge in [0, 0.05) is 10.4 Å². The SMILES string of the molecule is COc1ccc2ccccc2c1/C=N\NC(=O)Cc1cccs1. The average molecular weight is 324 g/mol. The van der Waals surface area contributed by atoms with Gasteiger partial charge >= 0.3 is 0 Å². The predicted molar refractivity (Wildman–Crippen MR) is 94.3 cm³/mol. The summed E-state index contributed by atoms with van der Waals surface area (Å²) in [5.41, 5.74) is 3.42. The highest BCUT2D eigenvalue weighted by Crippen LogP contribution is 2.26. The van der Waals surface area contributed by atoms with Gasteiger partial charge in [-0.3, -0.25) is 4.79 Å². The molecule has 1 amide bonds. The molecule has 0 aliphatic heterocycles. The highest BCUT2D eigenvalue weighted by atomic mass is 32.1. The first-order valence-corrected chi connectivity index (χ1v) is 8.06. The number of carbonyl (C=O) groups excluding carboxylic acids is 1. The van der Waals surface area contributed by atoms with Gasteiger partial charge in [-0.25, -0.2) is 5.43 Å². The second-order valence-electron chi connectivity index (χ2n) is 4.95. The zero-order valence-electron chi connectivity index (χ0n) is 12.7. The van der Waals surface area contributed by atoms with Crippen LogP contribution in [0, 0.1) is 0 Å². The molecule has 23 heavy (non-hydrogen) atoms. The quantitative estimate of drug-likeness (QED) is 0.576. The number of methoxy groups -OCH3 is 1. The molecule has 4 nitrogen and oxygen atoms in total. The molecule has 0 unspecified atom stereocenters. The molecule has 0 spiro atoms. The molecular formula is C18H16N2O2S. The van der Waals surface area contributed by atoms with Gasteiger partial charge in [-0.15, -0.1) is 11.3 Å².